The first kappa shape index (κ1) is 28.1. The number of methoxy groups -OCH3 is 1. The monoisotopic (exact) mass is 598 g/mol. The molecule has 216 valence electrons. The Morgan fingerprint density at radius 2 is 1.80 bits per heavy atom. The van der Waals surface area contributed by atoms with E-state index >= 15 is 0 Å². The number of rotatable bonds is 10. The Hall–Kier alpha value is -3.07. The van der Waals surface area contributed by atoms with E-state index < -0.39 is 5.97 Å². The third kappa shape index (κ3) is 5.57. The first-order valence-corrected chi connectivity index (χ1v) is 14.8. The molecule has 3 aromatic rings. The third-order valence-electron chi connectivity index (χ3n) is 8.45. The molecule has 8 nitrogen and oxygen atoms in total. The third-order valence-corrected chi connectivity index (χ3v) is 9.08. The minimum atomic E-state index is -0.457. The van der Waals surface area contributed by atoms with Gasteiger partial charge < -0.3 is 24.1 Å². The maximum Gasteiger partial charge on any atom is 0.337 e. The molecule has 2 aromatic carbocycles. The van der Waals surface area contributed by atoms with Crippen LogP contribution < -0.4 is 10.1 Å². The molecule has 2 unspecified atom stereocenters. The summed E-state index contributed by atoms with van der Waals surface area (Å²) < 4.78 is 22.7. The highest BCUT2D eigenvalue weighted by atomic mass is 35.5. The highest BCUT2D eigenvalue weighted by molar-refractivity contribution is 6.39. The lowest BCUT2D eigenvalue weighted by atomic mass is 9.56. The summed E-state index contributed by atoms with van der Waals surface area (Å²) in [7, 11) is 1.33. The molecule has 10 heteroatoms. The zero-order chi connectivity index (χ0) is 28.7. The van der Waals surface area contributed by atoms with E-state index in [2.05, 4.69) is 10.5 Å². The van der Waals surface area contributed by atoms with Crippen molar-refractivity contribution in [2.75, 3.05) is 19.0 Å². The Labute approximate surface area is 248 Å². The van der Waals surface area contributed by atoms with E-state index in [1.807, 2.05) is 13.0 Å². The molecule has 2 atom stereocenters. The Morgan fingerprint density at radius 1 is 1.07 bits per heavy atom. The number of amides is 1. The summed E-state index contributed by atoms with van der Waals surface area (Å²) >= 11 is 13.0. The second-order valence-corrected chi connectivity index (χ2v) is 11.9. The van der Waals surface area contributed by atoms with Gasteiger partial charge in [0.25, 0.3) is 0 Å². The van der Waals surface area contributed by atoms with Crippen LogP contribution in [-0.4, -0.2) is 36.9 Å². The highest BCUT2D eigenvalue weighted by Crippen LogP contribution is 2.52. The zero-order valence-electron chi connectivity index (χ0n) is 23.0. The van der Waals surface area contributed by atoms with Crippen LogP contribution in [0, 0.1) is 17.8 Å². The van der Waals surface area contributed by atoms with Crippen molar-refractivity contribution in [1.82, 2.24) is 5.16 Å². The van der Waals surface area contributed by atoms with Gasteiger partial charge in [0.15, 0.2) is 0 Å². The largest absolute Gasteiger partial charge is 0.492 e. The van der Waals surface area contributed by atoms with Crippen LogP contribution in [0.25, 0.3) is 11.3 Å². The second-order valence-electron chi connectivity index (χ2n) is 11.1. The van der Waals surface area contributed by atoms with Crippen molar-refractivity contribution in [2.45, 2.75) is 57.7 Å². The molecule has 0 spiro atoms. The number of halogens is 2. The van der Waals surface area contributed by atoms with Gasteiger partial charge in [0.2, 0.25) is 5.91 Å². The predicted octanol–water partition coefficient (Wildman–Crippen LogP) is 7.28. The fourth-order valence-corrected chi connectivity index (χ4v) is 6.88. The Balaban J connectivity index is 1.11. The van der Waals surface area contributed by atoms with Crippen LogP contribution in [0.1, 0.15) is 66.6 Å². The van der Waals surface area contributed by atoms with E-state index in [9.17, 15) is 9.59 Å². The first-order chi connectivity index (χ1) is 19.9. The molecule has 0 radical (unpaired) electrons. The molecule has 1 aromatic heterocycles. The van der Waals surface area contributed by atoms with Crippen molar-refractivity contribution in [3.8, 4) is 17.0 Å². The lowest BCUT2D eigenvalue weighted by molar-refractivity contribution is -0.142. The van der Waals surface area contributed by atoms with Gasteiger partial charge in [-0.25, -0.2) is 4.79 Å². The first-order valence-electron chi connectivity index (χ1n) is 14.1. The number of aromatic nitrogens is 1. The van der Waals surface area contributed by atoms with Crippen LogP contribution in [0.3, 0.4) is 0 Å². The molecule has 4 aliphatic rings. The molecule has 1 heterocycles. The van der Waals surface area contributed by atoms with Gasteiger partial charge in [0.1, 0.15) is 17.2 Å². The van der Waals surface area contributed by atoms with Crippen molar-refractivity contribution in [3.63, 3.8) is 0 Å². The van der Waals surface area contributed by atoms with E-state index in [0.29, 0.717) is 57.4 Å². The Morgan fingerprint density at radius 3 is 2.46 bits per heavy atom. The number of ether oxygens (including phenoxy) is 3. The molecule has 4 aliphatic carbocycles. The van der Waals surface area contributed by atoms with Crippen LogP contribution in [0.15, 0.2) is 40.9 Å². The zero-order valence-corrected chi connectivity index (χ0v) is 24.5. The number of anilines is 1. The van der Waals surface area contributed by atoms with Gasteiger partial charge in [-0.1, -0.05) is 34.4 Å². The summed E-state index contributed by atoms with van der Waals surface area (Å²) in [4.78, 5) is 25.3. The van der Waals surface area contributed by atoms with Crippen LogP contribution in [0.4, 0.5) is 5.69 Å². The summed E-state index contributed by atoms with van der Waals surface area (Å²) in [5.74, 6) is 1.58. The van der Waals surface area contributed by atoms with Gasteiger partial charge in [-0.05, 0) is 81.2 Å². The SMILES string of the molecule is CCOc1cc(C(=O)OC)ccc1NC(=O)C1C2CC(OCc3c(-c4c(Cl)cccc4Cl)noc3C3CC3)CC1C2. The normalized spacial score (nSPS) is 23.0. The molecule has 4 fully saturated rings. The molecular weight excluding hydrogens is 567 g/mol. The molecule has 1 N–H and O–H groups in total. The van der Waals surface area contributed by atoms with Gasteiger partial charge in [-0.2, -0.15) is 0 Å². The lowest BCUT2D eigenvalue weighted by Gasteiger charge is -2.51. The smallest absolute Gasteiger partial charge is 0.337 e. The predicted molar refractivity (Wildman–Crippen MR) is 154 cm³/mol. The Bertz CT molecular complexity index is 1440. The average molecular weight is 600 g/mol. The van der Waals surface area contributed by atoms with Crippen molar-refractivity contribution in [3.05, 3.63) is 63.3 Å². The minimum Gasteiger partial charge on any atom is -0.492 e. The van der Waals surface area contributed by atoms with Gasteiger partial charge in [-0.15, -0.1) is 0 Å². The lowest BCUT2D eigenvalue weighted by Crippen LogP contribution is -2.51. The summed E-state index contributed by atoms with van der Waals surface area (Å²) in [5.41, 5.74) is 3.14. The topological polar surface area (TPSA) is 99.9 Å². The number of hydrogen-bond acceptors (Lipinski definition) is 7. The van der Waals surface area contributed by atoms with Gasteiger partial charge in [-0.3, -0.25) is 4.79 Å². The van der Waals surface area contributed by atoms with Crippen LogP contribution in [0.5, 0.6) is 5.75 Å². The molecule has 41 heavy (non-hydrogen) atoms. The quantitative estimate of drug-likeness (QED) is 0.245. The number of hydrogen-bond donors (Lipinski definition) is 1. The number of carbonyl (C=O) groups is 2. The molecule has 0 saturated heterocycles. The van der Waals surface area contributed by atoms with Gasteiger partial charge >= 0.3 is 5.97 Å². The average Bonchev–Trinajstić information content (AvgIpc) is 3.72. The fraction of sp³-hybridized carbons (Fsp3) is 0.452. The summed E-state index contributed by atoms with van der Waals surface area (Å²) in [6, 6.07) is 10.3. The standard InChI is InChI=1S/C31H32Cl2N2O6/c1-3-39-25-14-17(31(37)38-2)9-10-24(25)34-30(36)26-18-11-19(26)13-20(12-18)40-15-21-28(35-41-29(21)16-7-8-16)27-22(32)5-4-6-23(27)33/h4-6,9-10,14,16,18-20,26H,3,7-8,11-13,15H2,1-2H3,(H,34,36). The van der Waals surface area contributed by atoms with Crippen LogP contribution in [0.2, 0.25) is 10.0 Å². The van der Waals surface area contributed by atoms with Crippen LogP contribution >= 0.6 is 23.2 Å². The van der Waals surface area contributed by atoms with E-state index in [1.54, 1.807) is 30.3 Å². The number of fused-ring (bicyclic) bond motifs is 2. The van der Waals surface area contributed by atoms with E-state index in [-0.39, 0.29) is 29.8 Å². The van der Waals surface area contributed by atoms with Crippen molar-refractivity contribution >= 4 is 40.8 Å². The molecule has 1 amide bonds. The number of nitrogens with zero attached hydrogens (tertiary/aromatic N) is 1. The number of nitrogens with one attached hydrogen (secondary N) is 1. The second kappa shape index (κ2) is 11.7. The Kier molecular flexibility index (Phi) is 7.99. The highest BCUT2D eigenvalue weighted by Gasteiger charge is 2.51. The van der Waals surface area contributed by atoms with Crippen molar-refractivity contribution < 1.29 is 28.3 Å². The number of esters is 1. The maximum absolute atomic E-state index is 13.3. The number of benzene rings is 2. The van der Waals surface area contributed by atoms with E-state index in [0.717, 1.165) is 43.4 Å². The summed E-state index contributed by atoms with van der Waals surface area (Å²) in [6.45, 7) is 2.61. The van der Waals surface area contributed by atoms with E-state index in [4.69, 9.17) is 41.9 Å². The van der Waals surface area contributed by atoms with E-state index in [1.165, 1.54) is 7.11 Å². The molecule has 4 saturated carbocycles. The summed E-state index contributed by atoms with van der Waals surface area (Å²) in [6.07, 6.45) is 4.80. The number of carbonyl (C=O) groups excluding carboxylic acids is 2. The summed E-state index contributed by atoms with van der Waals surface area (Å²) in [5, 5.41) is 8.44. The van der Waals surface area contributed by atoms with Gasteiger partial charge in [0, 0.05) is 23.0 Å². The minimum absolute atomic E-state index is 0.0258. The maximum atomic E-state index is 13.3. The molecule has 0 aliphatic heterocycles. The molecule has 7 rings (SSSR count). The molecule has 2 bridgehead atoms. The van der Waals surface area contributed by atoms with Crippen molar-refractivity contribution in [1.29, 1.82) is 0 Å². The fourth-order valence-electron chi connectivity index (χ4n) is 6.30. The molecular formula is C31H32Cl2N2O6. The van der Waals surface area contributed by atoms with Crippen LogP contribution in [-0.2, 0) is 20.9 Å². The van der Waals surface area contributed by atoms with Crippen molar-refractivity contribution in [2.24, 2.45) is 17.8 Å². The van der Waals surface area contributed by atoms with Gasteiger partial charge in [0.05, 0.1) is 47.7 Å².